The molecule has 3 rings (SSSR count). The van der Waals surface area contributed by atoms with Crippen LogP contribution in [0.1, 0.15) is 22.1 Å². The van der Waals surface area contributed by atoms with E-state index in [4.69, 9.17) is 4.42 Å². The molecule has 102 valence electrons. The van der Waals surface area contributed by atoms with Crippen LogP contribution in [0.5, 0.6) is 0 Å². The van der Waals surface area contributed by atoms with Gasteiger partial charge in [0.1, 0.15) is 11.6 Å². The minimum atomic E-state index is -1.02. The van der Waals surface area contributed by atoms with E-state index >= 15 is 0 Å². The van der Waals surface area contributed by atoms with Crippen molar-refractivity contribution >= 4 is 27.4 Å². The van der Waals surface area contributed by atoms with Gasteiger partial charge >= 0.3 is 5.97 Å². The number of furan rings is 1. The number of imidazole rings is 1. The molecule has 0 unspecified atom stereocenters. The maximum atomic E-state index is 11.3. The minimum absolute atomic E-state index is 0.0701. The van der Waals surface area contributed by atoms with Crippen molar-refractivity contribution < 1.29 is 14.3 Å². The third kappa shape index (κ3) is 2.34. The van der Waals surface area contributed by atoms with Gasteiger partial charge < -0.3 is 13.9 Å². The Kier molecular flexibility index (Phi) is 3.31. The number of carboxylic acid groups (broad SMARTS) is 1. The van der Waals surface area contributed by atoms with Gasteiger partial charge in [0.25, 0.3) is 0 Å². The molecule has 0 aliphatic rings. The first-order chi connectivity index (χ1) is 9.65. The number of halogens is 1. The van der Waals surface area contributed by atoms with Crippen molar-refractivity contribution in [2.75, 3.05) is 0 Å². The highest BCUT2D eigenvalue weighted by atomic mass is 79.9. The molecule has 6 heteroatoms. The number of nitrogens with zero attached hydrogens (tertiary/aromatic N) is 2. The molecule has 3 aromatic heterocycles. The minimum Gasteiger partial charge on any atom is -0.476 e. The van der Waals surface area contributed by atoms with E-state index in [0.717, 1.165) is 10.2 Å². The summed E-state index contributed by atoms with van der Waals surface area (Å²) in [7, 11) is 0. The summed E-state index contributed by atoms with van der Waals surface area (Å²) >= 11 is 3.35. The average molecular weight is 335 g/mol. The third-order valence-corrected chi connectivity index (χ3v) is 3.55. The second kappa shape index (κ2) is 5.13. The van der Waals surface area contributed by atoms with Crippen LogP contribution in [0.2, 0.25) is 0 Å². The first-order valence-electron chi connectivity index (χ1n) is 6.07. The van der Waals surface area contributed by atoms with E-state index in [-0.39, 0.29) is 5.69 Å². The molecule has 0 spiro atoms. The van der Waals surface area contributed by atoms with Gasteiger partial charge in [-0.3, -0.25) is 0 Å². The van der Waals surface area contributed by atoms with Crippen LogP contribution in [-0.4, -0.2) is 20.5 Å². The molecule has 0 radical (unpaired) electrons. The van der Waals surface area contributed by atoms with Crippen LogP contribution in [0.3, 0.4) is 0 Å². The zero-order chi connectivity index (χ0) is 14.1. The van der Waals surface area contributed by atoms with Gasteiger partial charge in [-0.2, -0.15) is 0 Å². The molecule has 0 atom stereocenters. The van der Waals surface area contributed by atoms with Crippen LogP contribution < -0.4 is 0 Å². The molecule has 0 saturated heterocycles. The number of fused-ring (bicyclic) bond motifs is 1. The molecule has 0 bridgehead atoms. The lowest BCUT2D eigenvalue weighted by Gasteiger charge is -2.00. The lowest BCUT2D eigenvalue weighted by Crippen LogP contribution is -1.98. The highest BCUT2D eigenvalue weighted by Gasteiger charge is 2.16. The summed E-state index contributed by atoms with van der Waals surface area (Å²) in [5.41, 5.74) is 0.655. The molecule has 5 nitrogen and oxygen atoms in total. The van der Waals surface area contributed by atoms with Crippen molar-refractivity contribution in [1.82, 2.24) is 9.38 Å². The summed E-state index contributed by atoms with van der Waals surface area (Å²) in [4.78, 5) is 15.5. The van der Waals surface area contributed by atoms with Gasteiger partial charge in [-0.05, 0) is 24.3 Å². The van der Waals surface area contributed by atoms with Crippen LogP contribution >= 0.6 is 15.9 Å². The average Bonchev–Trinajstić information content (AvgIpc) is 3.02. The summed E-state index contributed by atoms with van der Waals surface area (Å²) in [6.07, 6.45) is 4.74. The van der Waals surface area contributed by atoms with E-state index in [9.17, 15) is 9.90 Å². The smallest absolute Gasteiger partial charge is 0.356 e. The molecular weight excluding hydrogens is 324 g/mol. The number of carbonyl (C=O) groups is 1. The van der Waals surface area contributed by atoms with Crippen molar-refractivity contribution in [2.24, 2.45) is 0 Å². The van der Waals surface area contributed by atoms with Crippen LogP contribution in [0, 0.1) is 0 Å². The lowest BCUT2D eigenvalue weighted by atomic mass is 10.2. The molecule has 3 aromatic rings. The van der Waals surface area contributed by atoms with Crippen LogP contribution in [0.25, 0.3) is 5.52 Å². The monoisotopic (exact) mass is 334 g/mol. The Morgan fingerprint density at radius 3 is 2.95 bits per heavy atom. The number of carboxylic acids is 1. The lowest BCUT2D eigenvalue weighted by molar-refractivity contribution is 0.0693. The van der Waals surface area contributed by atoms with Crippen LogP contribution in [-0.2, 0) is 12.8 Å². The number of aromatic nitrogens is 2. The first-order valence-corrected chi connectivity index (χ1v) is 6.86. The number of hydrogen-bond donors (Lipinski definition) is 1. The number of rotatable bonds is 4. The highest BCUT2D eigenvalue weighted by Crippen LogP contribution is 2.19. The zero-order valence-electron chi connectivity index (χ0n) is 10.4. The Bertz CT molecular complexity index is 762. The fourth-order valence-electron chi connectivity index (χ4n) is 2.15. The molecule has 0 aliphatic carbocycles. The quantitative estimate of drug-likeness (QED) is 0.795. The number of aryl methyl sites for hydroxylation is 2. The zero-order valence-corrected chi connectivity index (χ0v) is 12.0. The van der Waals surface area contributed by atoms with Gasteiger partial charge in [0, 0.05) is 23.5 Å². The summed E-state index contributed by atoms with van der Waals surface area (Å²) in [5, 5.41) is 9.23. The van der Waals surface area contributed by atoms with Crippen molar-refractivity contribution in [3.8, 4) is 0 Å². The van der Waals surface area contributed by atoms with E-state index in [1.165, 1.54) is 0 Å². The molecule has 0 saturated carbocycles. The van der Waals surface area contributed by atoms with Gasteiger partial charge in [0.2, 0.25) is 0 Å². The predicted molar refractivity (Wildman–Crippen MR) is 76.0 cm³/mol. The molecule has 0 amide bonds. The fourth-order valence-corrected chi connectivity index (χ4v) is 2.48. The highest BCUT2D eigenvalue weighted by molar-refractivity contribution is 9.10. The van der Waals surface area contributed by atoms with Gasteiger partial charge in [0.05, 0.1) is 11.8 Å². The molecule has 0 aliphatic heterocycles. The molecule has 1 N–H and O–H groups in total. The van der Waals surface area contributed by atoms with E-state index in [1.807, 2.05) is 24.4 Å². The Morgan fingerprint density at radius 1 is 1.40 bits per heavy atom. The third-order valence-electron chi connectivity index (χ3n) is 3.06. The Morgan fingerprint density at radius 2 is 2.25 bits per heavy atom. The topological polar surface area (TPSA) is 67.7 Å². The van der Waals surface area contributed by atoms with E-state index in [1.54, 1.807) is 16.7 Å². The Hall–Kier alpha value is -2.08. The van der Waals surface area contributed by atoms with Gasteiger partial charge in [0.15, 0.2) is 5.69 Å². The molecule has 0 aromatic carbocycles. The van der Waals surface area contributed by atoms with Crippen molar-refractivity contribution in [3.05, 3.63) is 58.5 Å². The van der Waals surface area contributed by atoms with Gasteiger partial charge in [-0.15, -0.1) is 0 Å². The maximum Gasteiger partial charge on any atom is 0.356 e. The normalized spacial score (nSPS) is 11.1. The second-order valence-electron chi connectivity index (χ2n) is 4.36. The summed E-state index contributed by atoms with van der Waals surface area (Å²) < 4.78 is 7.91. The Labute approximate surface area is 123 Å². The summed E-state index contributed by atoms with van der Waals surface area (Å²) in [6, 6.07) is 7.34. The van der Waals surface area contributed by atoms with Crippen molar-refractivity contribution in [1.29, 1.82) is 0 Å². The van der Waals surface area contributed by atoms with Crippen LogP contribution in [0.4, 0.5) is 0 Å². The maximum absolute atomic E-state index is 11.3. The Balaban J connectivity index is 2.00. The van der Waals surface area contributed by atoms with Crippen LogP contribution in [0.15, 0.2) is 45.6 Å². The van der Waals surface area contributed by atoms with Crippen molar-refractivity contribution in [3.63, 3.8) is 0 Å². The van der Waals surface area contributed by atoms with Crippen molar-refractivity contribution in [2.45, 2.75) is 12.8 Å². The number of hydrogen-bond acceptors (Lipinski definition) is 3. The first kappa shape index (κ1) is 12.9. The van der Waals surface area contributed by atoms with E-state index in [2.05, 4.69) is 20.9 Å². The summed E-state index contributed by atoms with van der Waals surface area (Å²) in [6.45, 7) is 0. The largest absolute Gasteiger partial charge is 0.476 e. The standard InChI is InChI=1S/C14H11BrN2O3/c15-9-5-6-17-11(8-9)13(14(18)19)16-12(17)4-3-10-2-1-7-20-10/h1-2,5-8H,3-4H2,(H,18,19). The molecule has 20 heavy (non-hydrogen) atoms. The molecular formula is C14H11BrN2O3. The molecule has 0 fully saturated rings. The van der Waals surface area contributed by atoms with E-state index < -0.39 is 5.97 Å². The second-order valence-corrected chi connectivity index (χ2v) is 5.28. The van der Waals surface area contributed by atoms with E-state index in [0.29, 0.717) is 24.2 Å². The number of pyridine rings is 1. The van der Waals surface area contributed by atoms with Gasteiger partial charge in [-0.25, -0.2) is 9.78 Å². The van der Waals surface area contributed by atoms with Gasteiger partial charge in [-0.1, -0.05) is 15.9 Å². The number of aromatic carboxylic acids is 1. The molecule has 3 heterocycles. The summed E-state index contributed by atoms with van der Waals surface area (Å²) in [5.74, 6) is 0.543. The fraction of sp³-hybridized carbons (Fsp3) is 0.143. The SMILES string of the molecule is O=C(O)c1nc(CCc2ccco2)n2ccc(Br)cc12. The predicted octanol–water partition coefficient (Wildman–Crippen LogP) is 3.17.